The van der Waals surface area contributed by atoms with E-state index in [1.165, 1.54) is 48.5 Å². The predicted molar refractivity (Wildman–Crippen MR) is 123 cm³/mol. The Bertz CT molecular complexity index is 1320. The molecule has 3 rings (SSSR count). The first-order valence-electron chi connectivity index (χ1n) is 10.7. The maximum Gasteiger partial charge on any atom is 0.450 e. The van der Waals surface area contributed by atoms with Crippen molar-refractivity contribution in [3.8, 4) is 5.75 Å². The third-order valence-corrected chi connectivity index (χ3v) is 5.70. The number of halogens is 10. The first-order chi connectivity index (χ1) is 18.0. The van der Waals surface area contributed by atoms with Gasteiger partial charge < -0.3 is 14.7 Å². The second-order valence-corrected chi connectivity index (χ2v) is 9.06. The molecule has 210 valence electrons. The molecule has 0 saturated carbocycles. The Morgan fingerprint density at radius 2 is 1.56 bits per heavy atom. The Morgan fingerprint density at radius 3 is 2.18 bits per heavy atom. The van der Waals surface area contributed by atoms with Crippen LogP contribution in [0.15, 0.2) is 83.6 Å². The van der Waals surface area contributed by atoms with Crippen molar-refractivity contribution in [1.82, 2.24) is 0 Å². The van der Waals surface area contributed by atoms with Crippen LogP contribution in [-0.2, 0) is 19.3 Å². The normalized spacial score (nSPS) is 12.9. The molecule has 0 fully saturated rings. The van der Waals surface area contributed by atoms with Crippen molar-refractivity contribution < 1.29 is 53.7 Å². The van der Waals surface area contributed by atoms with E-state index in [-0.39, 0.29) is 47.0 Å². The largest absolute Gasteiger partial charge is 0.503 e. The van der Waals surface area contributed by atoms with Crippen LogP contribution in [0.3, 0.4) is 0 Å². The highest BCUT2D eigenvalue weighted by molar-refractivity contribution is 8.00. The molecule has 0 aliphatic carbocycles. The molecule has 0 atom stereocenters. The van der Waals surface area contributed by atoms with E-state index in [1.54, 1.807) is 0 Å². The SMILES string of the molecule is OC(=CN(Cc1ccc(C(F)(F)F)cc1F)c1cccc(OCc2cccc(SC(F)(F)F)c2)c1)C(F)(F)F. The summed E-state index contributed by atoms with van der Waals surface area (Å²) >= 11 is -0.323. The number of hydrogen-bond donors (Lipinski definition) is 1. The summed E-state index contributed by atoms with van der Waals surface area (Å²) in [5.74, 6) is -3.34. The highest BCUT2D eigenvalue weighted by Gasteiger charge is 2.35. The fraction of sp³-hybridized carbons (Fsp3) is 0.200. The third kappa shape index (κ3) is 9.01. The van der Waals surface area contributed by atoms with Gasteiger partial charge in [-0.05, 0) is 53.7 Å². The van der Waals surface area contributed by atoms with Crippen LogP contribution in [0.25, 0.3) is 0 Å². The van der Waals surface area contributed by atoms with Crippen molar-refractivity contribution in [2.75, 3.05) is 4.90 Å². The number of ether oxygens (including phenoxy) is 1. The Balaban J connectivity index is 1.87. The zero-order chi connectivity index (χ0) is 29.0. The molecule has 3 nitrogen and oxygen atoms in total. The Hall–Kier alpha value is -3.55. The molecule has 0 bridgehead atoms. The summed E-state index contributed by atoms with van der Waals surface area (Å²) in [5.41, 5.74) is -5.91. The Kier molecular flexibility index (Phi) is 8.98. The zero-order valence-electron chi connectivity index (χ0n) is 19.3. The monoisotopic (exact) mass is 585 g/mol. The quantitative estimate of drug-likeness (QED) is 0.163. The molecule has 1 N–H and O–H groups in total. The van der Waals surface area contributed by atoms with E-state index in [2.05, 4.69) is 0 Å². The molecule has 14 heteroatoms. The minimum absolute atomic E-state index is 0.0548. The van der Waals surface area contributed by atoms with Gasteiger partial charge in [-0.1, -0.05) is 24.3 Å². The van der Waals surface area contributed by atoms with Crippen LogP contribution in [0.4, 0.5) is 49.6 Å². The fourth-order valence-corrected chi connectivity index (χ4v) is 3.84. The topological polar surface area (TPSA) is 32.7 Å². The molecule has 0 heterocycles. The molecule has 3 aromatic carbocycles. The van der Waals surface area contributed by atoms with E-state index in [4.69, 9.17) is 4.74 Å². The number of hydrogen-bond acceptors (Lipinski definition) is 4. The van der Waals surface area contributed by atoms with Crippen molar-refractivity contribution >= 4 is 17.4 Å². The maximum atomic E-state index is 14.4. The summed E-state index contributed by atoms with van der Waals surface area (Å²) in [6.07, 6.45) is -9.78. The van der Waals surface area contributed by atoms with Gasteiger partial charge >= 0.3 is 17.9 Å². The van der Waals surface area contributed by atoms with Gasteiger partial charge in [0.1, 0.15) is 18.2 Å². The van der Waals surface area contributed by atoms with Crippen LogP contribution in [0, 0.1) is 5.82 Å². The van der Waals surface area contributed by atoms with Crippen LogP contribution in [0.2, 0.25) is 0 Å². The molecule has 39 heavy (non-hydrogen) atoms. The molecule has 0 aliphatic rings. The van der Waals surface area contributed by atoms with Crippen LogP contribution < -0.4 is 9.64 Å². The lowest BCUT2D eigenvalue weighted by Gasteiger charge is -2.23. The van der Waals surface area contributed by atoms with Crippen LogP contribution in [0.1, 0.15) is 16.7 Å². The van der Waals surface area contributed by atoms with E-state index in [0.717, 1.165) is 11.0 Å². The van der Waals surface area contributed by atoms with Gasteiger partial charge in [-0.15, -0.1) is 0 Å². The van der Waals surface area contributed by atoms with Gasteiger partial charge in [0, 0.05) is 22.2 Å². The first-order valence-corrected chi connectivity index (χ1v) is 11.5. The summed E-state index contributed by atoms with van der Waals surface area (Å²) in [5, 5.41) is 9.48. The standard InChI is InChI=1S/C25H17F10NO2S/c26-21-10-17(23(27,28)29)8-7-16(21)12-36(13-22(37)24(30,31)32)18-4-2-5-19(11-18)38-14-15-3-1-6-20(9-15)39-25(33,34)35/h1-11,13,37H,12,14H2. The van der Waals surface area contributed by atoms with E-state index in [0.29, 0.717) is 11.6 Å². The van der Waals surface area contributed by atoms with Gasteiger partial charge in [-0.2, -0.15) is 39.5 Å². The molecule has 0 spiro atoms. The number of alkyl halides is 9. The lowest BCUT2D eigenvalue weighted by Crippen LogP contribution is -2.21. The summed E-state index contributed by atoms with van der Waals surface area (Å²) in [7, 11) is 0. The zero-order valence-corrected chi connectivity index (χ0v) is 20.1. The maximum absolute atomic E-state index is 14.4. The number of nitrogens with zero attached hydrogens (tertiary/aromatic N) is 1. The summed E-state index contributed by atoms with van der Waals surface area (Å²) < 4.78 is 135. The van der Waals surface area contributed by atoms with Crippen molar-refractivity contribution in [1.29, 1.82) is 0 Å². The van der Waals surface area contributed by atoms with Crippen LogP contribution >= 0.6 is 11.8 Å². The average molecular weight is 585 g/mol. The number of allylic oxidation sites excluding steroid dienone is 1. The third-order valence-electron chi connectivity index (χ3n) is 4.98. The van der Waals surface area contributed by atoms with Crippen molar-refractivity contribution in [3.63, 3.8) is 0 Å². The van der Waals surface area contributed by atoms with E-state index >= 15 is 0 Å². The molecule has 0 unspecified atom stereocenters. The second kappa shape index (κ2) is 11.7. The molecule has 3 aromatic rings. The van der Waals surface area contributed by atoms with Gasteiger partial charge in [0.15, 0.2) is 0 Å². The Morgan fingerprint density at radius 1 is 0.872 bits per heavy atom. The summed E-state index contributed by atoms with van der Waals surface area (Å²) in [6.45, 7) is -0.919. The average Bonchev–Trinajstić information content (AvgIpc) is 2.81. The van der Waals surface area contributed by atoms with E-state index in [1.807, 2.05) is 0 Å². The number of thioether (sulfide) groups is 1. The summed E-state index contributed by atoms with van der Waals surface area (Å²) in [6, 6.07) is 12.1. The van der Waals surface area contributed by atoms with Gasteiger partial charge in [0.05, 0.1) is 18.3 Å². The highest BCUT2D eigenvalue weighted by atomic mass is 32.2. The minimum Gasteiger partial charge on any atom is -0.503 e. The molecular weight excluding hydrogens is 568 g/mol. The van der Waals surface area contributed by atoms with Gasteiger partial charge in [-0.3, -0.25) is 0 Å². The number of anilines is 1. The van der Waals surface area contributed by atoms with Gasteiger partial charge in [0.25, 0.3) is 0 Å². The lowest BCUT2D eigenvalue weighted by molar-refractivity contribution is -0.137. The van der Waals surface area contributed by atoms with Gasteiger partial charge in [0.2, 0.25) is 5.76 Å². The van der Waals surface area contributed by atoms with Gasteiger partial charge in [-0.25, -0.2) is 4.39 Å². The van der Waals surface area contributed by atoms with E-state index in [9.17, 15) is 49.0 Å². The molecule has 0 saturated heterocycles. The molecule has 0 aromatic heterocycles. The van der Waals surface area contributed by atoms with Crippen LogP contribution in [-0.4, -0.2) is 16.8 Å². The fourth-order valence-electron chi connectivity index (χ4n) is 3.22. The second-order valence-electron chi connectivity index (χ2n) is 7.93. The summed E-state index contributed by atoms with van der Waals surface area (Å²) in [4.78, 5) is 0.664. The molecule has 0 amide bonds. The van der Waals surface area contributed by atoms with Crippen molar-refractivity contribution in [2.24, 2.45) is 0 Å². The minimum atomic E-state index is -5.18. The Labute approximate surface area is 219 Å². The van der Waals surface area contributed by atoms with Crippen LogP contribution in [0.5, 0.6) is 5.75 Å². The van der Waals surface area contributed by atoms with Crippen molar-refractivity contribution in [2.45, 2.75) is 35.9 Å². The smallest absolute Gasteiger partial charge is 0.450 e. The highest BCUT2D eigenvalue weighted by Crippen LogP contribution is 2.37. The number of rotatable bonds is 8. The number of aliphatic hydroxyl groups excluding tert-OH is 1. The first kappa shape index (κ1) is 30.0. The molecular formula is C25H17F10NO2S. The molecule has 0 radical (unpaired) electrons. The van der Waals surface area contributed by atoms with Crippen molar-refractivity contribution in [3.05, 3.63) is 101 Å². The predicted octanol–water partition coefficient (Wildman–Crippen LogP) is 9.00. The number of benzene rings is 3. The molecule has 0 aliphatic heterocycles. The van der Waals surface area contributed by atoms with E-state index < -0.39 is 47.1 Å². The number of aliphatic hydroxyl groups is 1. The lowest BCUT2D eigenvalue weighted by atomic mass is 10.1.